The van der Waals surface area contributed by atoms with Crippen LogP contribution in [0, 0.1) is 11.6 Å². The number of rotatable bonds is 4. The molecular weight excluding hydrogens is 300 g/mol. The molecule has 2 rings (SSSR count). The highest BCUT2D eigenvalue weighted by molar-refractivity contribution is 6.17. The zero-order chi connectivity index (χ0) is 15.7. The number of alkyl halides is 1. The molecule has 0 radical (unpaired) electrons. The van der Waals surface area contributed by atoms with Crippen LogP contribution in [0.2, 0.25) is 0 Å². The van der Waals surface area contributed by atoms with E-state index >= 15 is 0 Å². The average Bonchev–Trinajstić information content (AvgIpc) is 2.83. The summed E-state index contributed by atoms with van der Waals surface area (Å²) in [7, 11) is 1.67. The maximum atomic E-state index is 13.8. The fourth-order valence-corrected chi connectivity index (χ4v) is 2.47. The maximum Gasteiger partial charge on any atom is 0.245 e. The third-order valence-corrected chi connectivity index (χ3v) is 3.74. The average molecular weight is 316 g/mol. The minimum atomic E-state index is -0.765. The van der Waals surface area contributed by atoms with Gasteiger partial charge in [0.2, 0.25) is 5.91 Å². The van der Waals surface area contributed by atoms with E-state index in [4.69, 9.17) is 11.6 Å². The zero-order valence-corrected chi connectivity index (χ0v) is 12.8. The van der Waals surface area contributed by atoms with Gasteiger partial charge in [0.15, 0.2) is 5.82 Å². The summed E-state index contributed by atoms with van der Waals surface area (Å²) in [5, 5.41) is 0. The summed E-state index contributed by atoms with van der Waals surface area (Å²) < 4.78 is 28.8. The van der Waals surface area contributed by atoms with Crippen molar-refractivity contribution in [2.75, 3.05) is 13.6 Å². The number of nitrogens with zero attached hydrogens (tertiary/aromatic N) is 3. The van der Waals surface area contributed by atoms with Crippen molar-refractivity contribution in [2.24, 2.45) is 0 Å². The van der Waals surface area contributed by atoms with Crippen molar-refractivity contribution in [3.05, 3.63) is 29.6 Å². The number of amides is 1. The Kier molecular flexibility index (Phi) is 4.46. The van der Waals surface area contributed by atoms with E-state index in [1.807, 2.05) is 6.92 Å². The highest BCUT2D eigenvalue weighted by Gasteiger charge is 2.24. The van der Waals surface area contributed by atoms with Crippen LogP contribution < -0.4 is 0 Å². The number of benzene rings is 1. The SMILES string of the molecule is CCN(C)C(=O)C(C)n1c(CCl)nc2c(F)cc(F)cc21. The van der Waals surface area contributed by atoms with Gasteiger partial charge in [0.1, 0.15) is 23.2 Å². The molecule has 4 nitrogen and oxygen atoms in total. The molecule has 1 amide bonds. The predicted molar refractivity (Wildman–Crippen MR) is 77.2 cm³/mol. The summed E-state index contributed by atoms with van der Waals surface area (Å²) in [5.74, 6) is -1.32. The van der Waals surface area contributed by atoms with E-state index in [9.17, 15) is 13.6 Å². The summed E-state index contributed by atoms with van der Waals surface area (Å²) in [6, 6.07) is 1.29. The second-order valence-electron chi connectivity index (χ2n) is 4.82. The molecule has 1 unspecified atom stereocenters. The molecule has 0 saturated carbocycles. The number of hydrogen-bond acceptors (Lipinski definition) is 2. The Balaban J connectivity index is 2.64. The minimum absolute atomic E-state index is 0.00317. The molecule has 7 heteroatoms. The van der Waals surface area contributed by atoms with E-state index in [1.165, 1.54) is 9.47 Å². The number of halogens is 3. The molecule has 0 aliphatic rings. The van der Waals surface area contributed by atoms with Gasteiger partial charge in [-0.25, -0.2) is 13.8 Å². The molecular formula is C14H16ClF2N3O. The van der Waals surface area contributed by atoms with E-state index in [0.29, 0.717) is 12.4 Å². The van der Waals surface area contributed by atoms with Crippen LogP contribution in [0.3, 0.4) is 0 Å². The molecule has 0 spiro atoms. The lowest BCUT2D eigenvalue weighted by Crippen LogP contribution is -2.33. The Morgan fingerprint density at radius 2 is 2.14 bits per heavy atom. The van der Waals surface area contributed by atoms with E-state index in [2.05, 4.69) is 4.98 Å². The largest absolute Gasteiger partial charge is 0.344 e. The molecule has 1 heterocycles. The van der Waals surface area contributed by atoms with Crippen molar-refractivity contribution >= 4 is 28.5 Å². The first kappa shape index (κ1) is 15.7. The van der Waals surface area contributed by atoms with Crippen LogP contribution in [0.5, 0.6) is 0 Å². The van der Waals surface area contributed by atoms with Gasteiger partial charge in [0, 0.05) is 25.7 Å². The van der Waals surface area contributed by atoms with Crippen LogP contribution in [0.25, 0.3) is 11.0 Å². The van der Waals surface area contributed by atoms with Gasteiger partial charge in [-0.1, -0.05) is 0 Å². The molecule has 1 aromatic carbocycles. The first-order chi connectivity index (χ1) is 9.90. The predicted octanol–water partition coefficient (Wildman–Crippen LogP) is 3.09. The minimum Gasteiger partial charge on any atom is -0.344 e. The van der Waals surface area contributed by atoms with E-state index < -0.39 is 17.7 Å². The fraction of sp³-hybridized carbons (Fsp3) is 0.429. The molecule has 2 aromatic rings. The van der Waals surface area contributed by atoms with E-state index in [-0.39, 0.29) is 22.8 Å². The van der Waals surface area contributed by atoms with Crippen molar-refractivity contribution < 1.29 is 13.6 Å². The molecule has 0 saturated heterocycles. The first-order valence-electron chi connectivity index (χ1n) is 6.57. The van der Waals surface area contributed by atoms with Crippen LogP contribution in [0.1, 0.15) is 25.7 Å². The van der Waals surface area contributed by atoms with Gasteiger partial charge in [0.25, 0.3) is 0 Å². The molecule has 0 bridgehead atoms. The fourth-order valence-electron chi connectivity index (χ4n) is 2.28. The Hall–Kier alpha value is -1.69. The van der Waals surface area contributed by atoms with Crippen molar-refractivity contribution in [1.82, 2.24) is 14.5 Å². The van der Waals surface area contributed by atoms with Gasteiger partial charge >= 0.3 is 0 Å². The smallest absolute Gasteiger partial charge is 0.245 e. The van der Waals surface area contributed by atoms with Gasteiger partial charge in [-0.2, -0.15) is 0 Å². The summed E-state index contributed by atoms with van der Waals surface area (Å²) in [6.45, 7) is 4.04. The van der Waals surface area contributed by atoms with Crippen LogP contribution in [0.15, 0.2) is 12.1 Å². The molecule has 114 valence electrons. The third kappa shape index (κ3) is 2.72. The Labute approximate surface area is 126 Å². The van der Waals surface area contributed by atoms with Crippen molar-refractivity contribution in [2.45, 2.75) is 25.8 Å². The number of likely N-dealkylation sites (N-methyl/N-ethyl adjacent to an activating group) is 1. The second kappa shape index (κ2) is 5.97. The third-order valence-electron chi connectivity index (χ3n) is 3.50. The summed E-state index contributed by atoms with van der Waals surface area (Å²) >= 11 is 5.83. The number of aromatic nitrogens is 2. The summed E-state index contributed by atoms with van der Waals surface area (Å²) in [6.07, 6.45) is 0. The number of imidazole rings is 1. The lowest BCUT2D eigenvalue weighted by molar-refractivity contribution is -0.132. The normalized spacial score (nSPS) is 12.7. The standard InChI is InChI=1S/C14H16ClF2N3O/c1-4-19(3)14(21)8(2)20-11-6-9(16)5-10(17)13(11)18-12(20)7-15/h5-6,8H,4,7H2,1-3H3. The lowest BCUT2D eigenvalue weighted by atomic mass is 10.2. The van der Waals surface area contributed by atoms with Gasteiger partial charge < -0.3 is 9.47 Å². The van der Waals surface area contributed by atoms with Crippen LogP contribution >= 0.6 is 11.6 Å². The Morgan fingerprint density at radius 3 is 2.71 bits per heavy atom. The number of hydrogen-bond donors (Lipinski definition) is 0. The van der Waals surface area contributed by atoms with Crippen LogP contribution in [-0.2, 0) is 10.7 Å². The van der Waals surface area contributed by atoms with Gasteiger partial charge in [-0.05, 0) is 13.8 Å². The van der Waals surface area contributed by atoms with Crippen LogP contribution in [0.4, 0.5) is 8.78 Å². The second-order valence-corrected chi connectivity index (χ2v) is 5.08. The van der Waals surface area contributed by atoms with Crippen molar-refractivity contribution in [1.29, 1.82) is 0 Å². The van der Waals surface area contributed by atoms with Crippen molar-refractivity contribution in [3.63, 3.8) is 0 Å². The van der Waals surface area contributed by atoms with Crippen molar-refractivity contribution in [3.8, 4) is 0 Å². The maximum absolute atomic E-state index is 13.8. The molecule has 0 N–H and O–H groups in total. The van der Waals surface area contributed by atoms with Crippen LogP contribution in [-0.4, -0.2) is 34.0 Å². The summed E-state index contributed by atoms with van der Waals surface area (Å²) in [5.41, 5.74) is 0.249. The molecule has 0 fully saturated rings. The monoisotopic (exact) mass is 315 g/mol. The van der Waals surface area contributed by atoms with E-state index in [1.54, 1.807) is 14.0 Å². The summed E-state index contributed by atoms with van der Waals surface area (Å²) in [4.78, 5) is 17.9. The van der Waals surface area contributed by atoms with Gasteiger partial charge in [0.05, 0.1) is 11.4 Å². The van der Waals surface area contributed by atoms with Gasteiger partial charge in [-0.15, -0.1) is 11.6 Å². The molecule has 0 aliphatic heterocycles. The Bertz CT molecular complexity index is 686. The zero-order valence-electron chi connectivity index (χ0n) is 12.0. The van der Waals surface area contributed by atoms with Gasteiger partial charge in [-0.3, -0.25) is 4.79 Å². The topological polar surface area (TPSA) is 38.1 Å². The number of carbonyl (C=O) groups excluding carboxylic acids is 1. The van der Waals surface area contributed by atoms with E-state index in [0.717, 1.165) is 12.1 Å². The first-order valence-corrected chi connectivity index (χ1v) is 7.10. The molecule has 1 atom stereocenters. The number of fused-ring (bicyclic) bond motifs is 1. The molecule has 0 aliphatic carbocycles. The molecule has 1 aromatic heterocycles. The molecule has 21 heavy (non-hydrogen) atoms. The lowest BCUT2D eigenvalue weighted by Gasteiger charge is -2.22. The Morgan fingerprint density at radius 1 is 1.48 bits per heavy atom. The highest BCUT2D eigenvalue weighted by Crippen LogP contribution is 2.26. The highest BCUT2D eigenvalue weighted by atomic mass is 35.5. The quantitative estimate of drug-likeness (QED) is 0.813. The number of carbonyl (C=O) groups is 1.